The molecule has 1 amide bonds. The van der Waals surface area contributed by atoms with E-state index in [0.29, 0.717) is 41.5 Å². The number of ketones is 1. The molecule has 2 aromatic carbocycles. The van der Waals surface area contributed by atoms with Crippen LogP contribution in [0.4, 0.5) is 0 Å². The van der Waals surface area contributed by atoms with Gasteiger partial charge in [-0.1, -0.05) is 26.0 Å². The molecule has 1 unspecified atom stereocenters. The van der Waals surface area contributed by atoms with Crippen LogP contribution in [0.5, 0.6) is 17.2 Å². The molecule has 1 fully saturated rings. The molecular formula is C26H28N2O7. The smallest absolute Gasteiger partial charge is 0.308 e. The van der Waals surface area contributed by atoms with Crippen LogP contribution in [-0.2, 0) is 14.4 Å². The lowest BCUT2D eigenvalue weighted by Gasteiger charge is -2.28. The minimum Gasteiger partial charge on any atom is -0.507 e. The number of carbonyl (C=O) groups is 3. The first-order valence-electron chi connectivity index (χ1n) is 11.5. The minimum atomic E-state index is -0.803. The van der Waals surface area contributed by atoms with E-state index >= 15 is 0 Å². The van der Waals surface area contributed by atoms with E-state index in [1.54, 1.807) is 42.5 Å². The number of ether oxygens (including phenoxy) is 3. The Morgan fingerprint density at radius 2 is 1.77 bits per heavy atom. The summed E-state index contributed by atoms with van der Waals surface area (Å²) in [5, 5.41) is 11.2. The van der Waals surface area contributed by atoms with E-state index < -0.39 is 23.7 Å². The Labute approximate surface area is 203 Å². The van der Waals surface area contributed by atoms with Crippen molar-refractivity contribution in [3.8, 4) is 17.2 Å². The topological polar surface area (TPSA) is 106 Å². The van der Waals surface area contributed by atoms with Gasteiger partial charge in [-0.15, -0.1) is 0 Å². The molecule has 0 bridgehead atoms. The molecule has 0 radical (unpaired) electrons. The van der Waals surface area contributed by atoms with Crippen molar-refractivity contribution in [1.82, 2.24) is 9.80 Å². The zero-order valence-electron chi connectivity index (χ0n) is 19.9. The summed E-state index contributed by atoms with van der Waals surface area (Å²) in [5.74, 6) is -0.836. The minimum absolute atomic E-state index is 0.00588. The van der Waals surface area contributed by atoms with Gasteiger partial charge in [0.2, 0.25) is 6.79 Å². The number of fused-ring (bicyclic) bond motifs is 1. The predicted octanol–water partition coefficient (Wildman–Crippen LogP) is 3.10. The first kappa shape index (κ1) is 24.3. The number of carbonyl (C=O) groups excluding carboxylic acids is 3. The number of nitrogens with zero attached hydrogens (tertiary/aromatic N) is 2. The van der Waals surface area contributed by atoms with Crippen molar-refractivity contribution in [2.24, 2.45) is 0 Å². The summed E-state index contributed by atoms with van der Waals surface area (Å²) < 4.78 is 15.8. The van der Waals surface area contributed by atoms with Crippen LogP contribution in [-0.4, -0.2) is 65.5 Å². The van der Waals surface area contributed by atoms with Crippen LogP contribution >= 0.6 is 0 Å². The molecule has 2 heterocycles. The number of hydrogen-bond donors (Lipinski definition) is 1. The number of esters is 1. The maximum atomic E-state index is 13.2. The quantitative estimate of drug-likeness (QED) is 0.202. The highest BCUT2D eigenvalue weighted by Gasteiger charge is 2.46. The van der Waals surface area contributed by atoms with Crippen molar-refractivity contribution >= 4 is 23.4 Å². The van der Waals surface area contributed by atoms with Crippen LogP contribution in [0.15, 0.2) is 48.0 Å². The van der Waals surface area contributed by atoms with Gasteiger partial charge in [0.1, 0.15) is 11.5 Å². The zero-order valence-corrected chi connectivity index (χ0v) is 19.9. The second kappa shape index (κ2) is 10.2. The SMILES string of the molecule is CCN(CC)CCN1C(=O)C(=O)/C(=C(\O)c2ccc3c(c2)OCO3)C1c1ccc(OC(C)=O)cc1. The average Bonchev–Trinajstić information content (AvgIpc) is 3.42. The molecule has 0 spiro atoms. The van der Waals surface area contributed by atoms with Gasteiger partial charge in [-0.25, -0.2) is 0 Å². The first-order valence-corrected chi connectivity index (χ1v) is 11.5. The number of hydrogen-bond acceptors (Lipinski definition) is 8. The second-order valence-corrected chi connectivity index (χ2v) is 8.25. The van der Waals surface area contributed by atoms with Crippen LogP contribution in [0.2, 0.25) is 0 Å². The molecule has 0 aromatic heterocycles. The molecule has 9 nitrogen and oxygen atoms in total. The van der Waals surface area contributed by atoms with E-state index in [1.807, 2.05) is 13.8 Å². The van der Waals surface area contributed by atoms with Crippen molar-refractivity contribution in [2.75, 3.05) is 33.0 Å². The monoisotopic (exact) mass is 480 g/mol. The van der Waals surface area contributed by atoms with E-state index in [-0.39, 0.29) is 18.1 Å². The predicted molar refractivity (Wildman–Crippen MR) is 127 cm³/mol. The number of rotatable bonds is 8. The normalized spacial score (nSPS) is 18.4. The average molecular weight is 481 g/mol. The molecule has 1 N–H and O–H groups in total. The molecule has 2 aliphatic heterocycles. The summed E-state index contributed by atoms with van der Waals surface area (Å²) in [6, 6.07) is 10.6. The molecular weight excluding hydrogens is 452 g/mol. The molecule has 4 rings (SSSR count). The highest BCUT2D eigenvalue weighted by atomic mass is 16.7. The number of Topliss-reactive ketones (excluding diaryl/α,β-unsaturated/α-hetero) is 1. The molecule has 2 aliphatic rings. The first-order chi connectivity index (χ1) is 16.8. The third-order valence-corrected chi connectivity index (χ3v) is 6.19. The van der Waals surface area contributed by atoms with Crippen LogP contribution in [0, 0.1) is 0 Å². The van der Waals surface area contributed by atoms with Crippen molar-refractivity contribution in [3.05, 3.63) is 59.2 Å². The Hall–Kier alpha value is -3.85. The van der Waals surface area contributed by atoms with Crippen LogP contribution in [0.1, 0.15) is 37.9 Å². The van der Waals surface area contributed by atoms with E-state index in [9.17, 15) is 19.5 Å². The largest absolute Gasteiger partial charge is 0.507 e. The molecule has 1 atom stereocenters. The van der Waals surface area contributed by atoms with Gasteiger partial charge in [0, 0.05) is 25.6 Å². The third kappa shape index (κ3) is 4.85. The van der Waals surface area contributed by atoms with Crippen molar-refractivity contribution in [3.63, 3.8) is 0 Å². The number of likely N-dealkylation sites (N-methyl/N-ethyl adjacent to an activating group) is 1. The number of benzene rings is 2. The van der Waals surface area contributed by atoms with E-state index in [0.717, 1.165) is 13.1 Å². The fraction of sp³-hybridized carbons (Fsp3) is 0.346. The summed E-state index contributed by atoms with van der Waals surface area (Å²) in [6.07, 6.45) is 0. The molecule has 1 saturated heterocycles. The number of amides is 1. The van der Waals surface area contributed by atoms with Gasteiger partial charge in [0.15, 0.2) is 11.5 Å². The number of aliphatic hydroxyl groups is 1. The van der Waals surface area contributed by atoms with E-state index in [1.165, 1.54) is 11.8 Å². The lowest BCUT2D eigenvalue weighted by atomic mass is 9.95. The second-order valence-electron chi connectivity index (χ2n) is 8.25. The van der Waals surface area contributed by atoms with Crippen LogP contribution < -0.4 is 14.2 Å². The van der Waals surface area contributed by atoms with Gasteiger partial charge in [-0.05, 0) is 49.0 Å². The molecule has 9 heteroatoms. The highest BCUT2D eigenvalue weighted by Crippen LogP contribution is 2.41. The summed E-state index contributed by atoms with van der Waals surface area (Å²) in [7, 11) is 0. The molecule has 184 valence electrons. The standard InChI is InChI=1S/C26H28N2O7/c1-4-27(5-2)12-13-28-23(17-6-9-19(10-7-17)35-16(3)29)22(25(31)26(28)32)24(30)18-8-11-20-21(14-18)34-15-33-20/h6-11,14,23,30H,4-5,12-13,15H2,1-3H3/b24-22-. The van der Waals surface area contributed by atoms with Gasteiger partial charge in [-0.3, -0.25) is 14.4 Å². The Bertz CT molecular complexity index is 1170. The summed E-state index contributed by atoms with van der Waals surface area (Å²) in [4.78, 5) is 41.2. The van der Waals surface area contributed by atoms with Crippen LogP contribution in [0.25, 0.3) is 5.76 Å². The molecule has 35 heavy (non-hydrogen) atoms. The Morgan fingerprint density at radius 1 is 1.09 bits per heavy atom. The fourth-order valence-electron chi connectivity index (χ4n) is 4.33. The number of likely N-dealkylation sites (tertiary alicyclic amines) is 1. The molecule has 2 aromatic rings. The van der Waals surface area contributed by atoms with Gasteiger partial charge >= 0.3 is 5.97 Å². The van der Waals surface area contributed by atoms with Gasteiger partial charge < -0.3 is 29.1 Å². The maximum absolute atomic E-state index is 13.2. The molecule has 0 aliphatic carbocycles. The van der Waals surface area contributed by atoms with Crippen molar-refractivity contribution in [1.29, 1.82) is 0 Å². The van der Waals surface area contributed by atoms with Crippen molar-refractivity contribution < 1.29 is 33.7 Å². The van der Waals surface area contributed by atoms with Crippen LogP contribution in [0.3, 0.4) is 0 Å². The third-order valence-electron chi connectivity index (χ3n) is 6.19. The van der Waals surface area contributed by atoms with Crippen molar-refractivity contribution in [2.45, 2.75) is 26.8 Å². The summed E-state index contributed by atoms with van der Waals surface area (Å²) in [5.41, 5.74) is 0.952. The lowest BCUT2D eigenvalue weighted by Crippen LogP contribution is -2.38. The zero-order chi connectivity index (χ0) is 25.1. The maximum Gasteiger partial charge on any atom is 0.308 e. The van der Waals surface area contributed by atoms with E-state index in [2.05, 4.69) is 4.90 Å². The Morgan fingerprint density at radius 3 is 2.43 bits per heavy atom. The summed E-state index contributed by atoms with van der Waals surface area (Å²) in [6.45, 7) is 7.93. The van der Waals surface area contributed by atoms with Gasteiger partial charge in [0.25, 0.3) is 11.7 Å². The van der Waals surface area contributed by atoms with E-state index in [4.69, 9.17) is 14.2 Å². The van der Waals surface area contributed by atoms with Gasteiger partial charge in [0.05, 0.1) is 11.6 Å². The number of aliphatic hydroxyl groups excluding tert-OH is 1. The fourth-order valence-corrected chi connectivity index (χ4v) is 4.33. The Kier molecular flexibility index (Phi) is 7.07. The lowest BCUT2D eigenvalue weighted by molar-refractivity contribution is -0.140. The Balaban J connectivity index is 1.77. The van der Waals surface area contributed by atoms with Gasteiger partial charge in [-0.2, -0.15) is 0 Å². The summed E-state index contributed by atoms with van der Waals surface area (Å²) >= 11 is 0. The molecule has 0 saturated carbocycles. The highest BCUT2D eigenvalue weighted by molar-refractivity contribution is 6.46.